The number of carbonyl (C=O) groups excluding carboxylic acids is 2. The SMILES string of the molecule is Cc1ccccc1C(=O)Nc1ccc(N2CCCN([C@@H](C)c3ccccc3)C2=O)cc1. The second-order valence-electron chi connectivity index (χ2n) is 7.88. The Morgan fingerprint density at radius 3 is 2.29 bits per heavy atom. The number of aryl methyl sites for hydroxylation is 1. The monoisotopic (exact) mass is 413 g/mol. The fourth-order valence-corrected chi connectivity index (χ4v) is 4.01. The van der Waals surface area contributed by atoms with Crippen molar-refractivity contribution in [3.8, 4) is 0 Å². The number of hydrogen-bond acceptors (Lipinski definition) is 2. The first-order valence-corrected chi connectivity index (χ1v) is 10.6. The average Bonchev–Trinajstić information content (AvgIpc) is 2.80. The van der Waals surface area contributed by atoms with Gasteiger partial charge >= 0.3 is 6.03 Å². The van der Waals surface area contributed by atoms with Crippen LogP contribution in [0.15, 0.2) is 78.9 Å². The van der Waals surface area contributed by atoms with Crippen molar-refractivity contribution in [2.45, 2.75) is 26.3 Å². The maximum absolute atomic E-state index is 13.2. The predicted molar refractivity (Wildman–Crippen MR) is 124 cm³/mol. The van der Waals surface area contributed by atoms with E-state index in [0.29, 0.717) is 17.8 Å². The molecule has 5 nitrogen and oxygen atoms in total. The van der Waals surface area contributed by atoms with Gasteiger partial charge in [-0.25, -0.2) is 4.79 Å². The van der Waals surface area contributed by atoms with Crippen LogP contribution in [0.25, 0.3) is 0 Å². The summed E-state index contributed by atoms with van der Waals surface area (Å²) in [6, 6.07) is 25.1. The molecule has 0 aromatic heterocycles. The zero-order valence-corrected chi connectivity index (χ0v) is 17.9. The number of anilines is 2. The average molecular weight is 414 g/mol. The molecule has 4 rings (SSSR count). The number of urea groups is 1. The van der Waals surface area contributed by atoms with Gasteiger partial charge in [-0.2, -0.15) is 0 Å². The number of nitrogens with zero attached hydrogens (tertiary/aromatic N) is 2. The lowest BCUT2D eigenvalue weighted by atomic mass is 10.1. The van der Waals surface area contributed by atoms with Gasteiger partial charge in [-0.1, -0.05) is 48.5 Å². The largest absolute Gasteiger partial charge is 0.324 e. The molecule has 1 aliphatic rings. The van der Waals surface area contributed by atoms with Crippen molar-refractivity contribution < 1.29 is 9.59 Å². The van der Waals surface area contributed by atoms with Crippen LogP contribution in [0.4, 0.5) is 16.2 Å². The molecule has 0 bridgehead atoms. The number of hydrogen-bond donors (Lipinski definition) is 1. The van der Waals surface area contributed by atoms with E-state index >= 15 is 0 Å². The fourth-order valence-electron chi connectivity index (χ4n) is 4.01. The molecule has 3 amide bonds. The molecule has 158 valence electrons. The van der Waals surface area contributed by atoms with Crippen molar-refractivity contribution in [1.82, 2.24) is 4.90 Å². The lowest BCUT2D eigenvalue weighted by molar-refractivity contribution is 0.102. The van der Waals surface area contributed by atoms with Gasteiger partial charge in [-0.15, -0.1) is 0 Å². The standard InChI is InChI=1S/C26H27N3O2/c1-19-9-6-7-12-24(19)25(30)27-22-13-15-23(16-14-22)29-18-8-17-28(26(29)31)20(2)21-10-4-3-5-11-21/h3-7,9-16,20H,8,17-18H2,1-2H3,(H,27,30)/t20-/m0/s1. The van der Waals surface area contributed by atoms with Crippen LogP contribution in [-0.4, -0.2) is 29.9 Å². The summed E-state index contributed by atoms with van der Waals surface area (Å²) >= 11 is 0. The molecule has 0 aliphatic carbocycles. The Labute approximate surface area is 183 Å². The molecule has 1 aliphatic heterocycles. The van der Waals surface area contributed by atoms with Crippen LogP contribution >= 0.6 is 0 Å². The summed E-state index contributed by atoms with van der Waals surface area (Å²) in [5.74, 6) is -0.136. The van der Waals surface area contributed by atoms with E-state index in [1.807, 2.05) is 83.5 Å². The van der Waals surface area contributed by atoms with Gasteiger partial charge in [-0.05, 0) is 61.7 Å². The van der Waals surface area contributed by atoms with Crippen LogP contribution < -0.4 is 10.2 Å². The molecule has 1 saturated heterocycles. The van der Waals surface area contributed by atoms with Crippen LogP contribution in [-0.2, 0) is 0 Å². The minimum Gasteiger partial charge on any atom is -0.322 e. The zero-order valence-electron chi connectivity index (χ0n) is 17.9. The van der Waals surface area contributed by atoms with Crippen LogP contribution in [0.2, 0.25) is 0 Å². The van der Waals surface area contributed by atoms with Gasteiger partial charge < -0.3 is 10.2 Å². The molecular weight excluding hydrogens is 386 g/mol. The number of nitrogens with one attached hydrogen (secondary N) is 1. The summed E-state index contributed by atoms with van der Waals surface area (Å²) < 4.78 is 0. The Hall–Kier alpha value is -3.60. The molecule has 31 heavy (non-hydrogen) atoms. The summed E-state index contributed by atoms with van der Waals surface area (Å²) in [4.78, 5) is 29.5. The Morgan fingerprint density at radius 2 is 1.58 bits per heavy atom. The van der Waals surface area contributed by atoms with Gasteiger partial charge in [0.25, 0.3) is 5.91 Å². The smallest absolute Gasteiger partial charge is 0.322 e. The summed E-state index contributed by atoms with van der Waals surface area (Å²) in [7, 11) is 0. The second-order valence-corrected chi connectivity index (χ2v) is 7.88. The highest BCUT2D eigenvalue weighted by Gasteiger charge is 2.30. The predicted octanol–water partition coefficient (Wildman–Crippen LogP) is 5.64. The van der Waals surface area contributed by atoms with Crippen molar-refractivity contribution >= 4 is 23.3 Å². The van der Waals surface area contributed by atoms with Crippen molar-refractivity contribution in [2.75, 3.05) is 23.3 Å². The van der Waals surface area contributed by atoms with E-state index in [-0.39, 0.29) is 18.0 Å². The Morgan fingerprint density at radius 1 is 0.903 bits per heavy atom. The normalized spacial score (nSPS) is 15.0. The van der Waals surface area contributed by atoms with Crippen LogP contribution in [0.1, 0.15) is 40.9 Å². The zero-order chi connectivity index (χ0) is 21.8. The molecule has 1 N–H and O–H groups in total. The second kappa shape index (κ2) is 9.04. The highest BCUT2D eigenvalue weighted by Crippen LogP contribution is 2.28. The Balaban J connectivity index is 1.46. The third-order valence-electron chi connectivity index (χ3n) is 5.83. The first-order chi connectivity index (χ1) is 15.0. The van der Waals surface area contributed by atoms with Gasteiger partial charge in [-0.3, -0.25) is 9.69 Å². The molecule has 1 heterocycles. The van der Waals surface area contributed by atoms with Crippen molar-refractivity contribution in [1.29, 1.82) is 0 Å². The van der Waals surface area contributed by atoms with E-state index < -0.39 is 0 Å². The first-order valence-electron chi connectivity index (χ1n) is 10.6. The third kappa shape index (κ3) is 4.45. The summed E-state index contributed by atoms with van der Waals surface area (Å²) in [6.45, 7) is 5.42. The maximum Gasteiger partial charge on any atom is 0.324 e. The number of benzene rings is 3. The Bertz CT molecular complexity index is 1060. The van der Waals surface area contributed by atoms with E-state index in [9.17, 15) is 9.59 Å². The van der Waals surface area contributed by atoms with E-state index in [1.54, 1.807) is 0 Å². The molecule has 5 heteroatoms. The molecule has 3 aromatic rings. The Kier molecular flexibility index (Phi) is 6.03. The van der Waals surface area contributed by atoms with Gasteiger partial charge in [0, 0.05) is 30.0 Å². The van der Waals surface area contributed by atoms with Crippen molar-refractivity contribution in [2.24, 2.45) is 0 Å². The van der Waals surface area contributed by atoms with Gasteiger partial charge in [0.1, 0.15) is 0 Å². The minimum atomic E-state index is -0.136. The van der Waals surface area contributed by atoms with Gasteiger partial charge in [0.2, 0.25) is 0 Å². The first kappa shape index (κ1) is 20.7. The third-order valence-corrected chi connectivity index (χ3v) is 5.83. The van der Waals surface area contributed by atoms with Crippen LogP contribution in [0.5, 0.6) is 0 Å². The summed E-state index contributed by atoms with van der Waals surface area (Å²) in [5, 5.41) is 2.94. The quantitative estimate of drug-likeness (QED) is 0.588. The molecule has 3 aromatic carbocycles. The van der Waals surface area contributed by atoms with Crippen molar-refractivity contribution in [3.63, 3.8) is 0 Å². The fraction of sp³-hybridized carbons (Fsp3) is 0.231. The molecule has 1 atom stereocenters. The highest BCUT2D eigenvalue weighted by molar-refractivity contribution is 6.05. The summed E-state index contributed by atoms with van der Waals surface area (Å²) in [5.41, 5.74) is 4.26. The van der Waals surface area contributed by atoms with Gasteiger partial charge in [0.05, 0.1) is 6.04 Å². The van der Waals surface area contributed by atoms with Gasteiger partial charge in [0.15, 0.2) is 0 Å². The molecule has 0 saturated carbocycles. The van der Waals surface area contributed by atoms with E-state index in [0.717, 1.165) is 29.8 Å². The van der Waals surface area contributed by atoms with Crippen molar-refractivity contribution in [3.05, 3.63) is 95.6 Å². The number of carbonyl (C=O) groups is 2. The molecule has 0 spiro atoms. The van der Waals surface area contributed by atoms with E-state index in [1.165, 1.54) is 0 Å². The molecular formula is C26H27N3O2. The molecule has 1 fully saturated rings. The lowest BCUT2D eigenvalue weighted by Crippen LogP contribution is -2.50. The molecule has 0 radical (unpaired) electrons. The topological polar surface area (TPSA) is 52.7 Å². The summed E-state index contributed by atoms with van der Waals surface area (Å²) in [6.07, 6.45) is 0.911. The maximum atomic E-state index is 13.2. The van der Waals surface area contributed by atoms with Crippen LogP contribution in [0.3, 0.4) is 0 Å². The molecule has 0 unspecified atom stereocenters. The highest BCUT2D eigenvalue weighted by atomic mass is 16.2. The minimum absolute atomic E-state index is 0.0132. The number of amides is 3. The van der Waals surface area contributed by atoms with Crippen LogP contribution in [0, 0.1) is 6.92 Å². The lowest BCUT2D eigenvalue weighted by Gasteiger charge is -2.39. The van der Waals surface area contributed by atoms with E-state index in [4.69, 9.17) is 0 Å². The number of rotatable bonds is 5. The van der Waals surface area contributed by atoms with E-state index in [2.05, 4.69) is 24.4 Å².